The van der Waals surface area contributed by atoms with Gasteiger partial charge in [-0.2, -0.15) is 0 Å². The third-order valence-corrected chi connectivity index (χ3v) is 4.15. The summed E-state index contributed by atoms with van der Waals surface area (Å²) in [5.74, 6) is 0. The number of nitro benzene ring substituents is 1. The number of nitrogens with one attached hydrogen (secondary N) is 2. The van der Waals surface area contributed by atoms with Crippen LogP contribution in [-0.4, -0.2) is 26.4 Å². The van der Waals surface area contributed by atoms with Crippen molar-refractivity contribution in [3.63, 3.8) is 0 Å². The molecule has 0 saturated heterocycles. The van der Waals surface area contributed by atoms with Gasteiger partial charge in [0.25, 0.3) is 0 Å². The standard InChI is InChI=1S/C12H19N3O4S/c1-3-5-9-14-20(18,19)11-8-6-7-10(13-4-2)12(11)15(16)17/h6-8,13-14H,3-5,9H2,1-2H3. The van der Waals surface area contributed by atoms with E-state index in [9.17, 15) is 18.5 Å². The van der Waals surface area contributed by atoms with E-state index >= 15 is 0 Å². The first kappa shape index (κ1) is 16.4. The SMILES string of the molecule is CCCCNS(=O)(=O)c1cccc(NCC)c1[N+](=O)[O-]. The molecule has 0 amide bonds. The van der Waals surface area contributed by atoms with Crippen LogP contribution in [0.25, 0.3) is 0 Å². The number of sulfonamides is 1. The van der Waals surface area contributed by atoms with Crippen molar-refractivity contribution < 1.29 is 13.3 Å². The van der Waals surface area contributed by atoms with Gasteiger partial charge in [-0.15, -0.1) is 0 Å². The fraction of sp³-hybridized carbons (Fsp3) is 0.500. The van der Waals surface area contributed by atoms with Gasteiger partial charge in [0.2, 0.25) is 10.0 Å². The molecule has 0 aliphatic carbocycles. The molecule has 0 aromatic heterocycles. The zero-order valence-electron chi connectivity index (χ0n) is 11.5. The molecular weight excluding hydrogens is 282 g/mol. The molecular formula is C12H19N3O4S. The van der Waals surface area contributed by atoms with Crippen molar-refractivity contribution >= 4 is 21.4 Å². The number of hydrogen-bond donors (Lipinski definition) is 2. The van der Waals surface area contributed by atoms with E-state index in [1.54, 1.807) is 6.92 Å². The van der Waals surface area contributed by atoms with Crippen molar-refractivity contribution in [1.82, 2.24) is 4.72 Å². The zero-order chi connectivity index (χ0) is 15.2. The summed E-state index contributed by atoms with van der Waals surface area (Å²) < 4.78 is 26.7. The number of para-hydroxylation sites is 1. The molecule has 1 aromatic rings. The Balaban J connectivity index is 3.23. The maximum Gasteiger partial charge on any atom is 0.312 e. The second kappa shape index (κ2) is 7.20. The molecule has 0 unspecified atom stereocenters. The van der Waals surface area contributed by atoms with E-state index in [0.29, 0.717) is 13.0 Å². The average molecular weight is 301 g/mol. The zero-order valence-corrected chi connectivity index (χ0v) is 12.4. The van der Waals surface area contributed by atoms with E-state index in [-0.39, 0.29) is 17.1 Å². The van der Waals surface area contributed by atoms with E-state index in [4.69, 9.17) is 0 Å². The molecule has 8 heteroatoms. The van der Waals surface area contributed by atoms with Crippen molar-refractivity contribution in [1.29, 1.82) is 0 Å². The lowest BCUT2D eigenvalue weighted by Gasteiger charge is -2.10. The average Bonchev–Trinajstić information content (AvgIpc) is 2.38. The van der Waals surface area contributed by atoms with Crippen LogP contribution in [0.3, 0.4) is 0 Å². The lowest BCUT2D eigenvalue weighted by atomic mass is 10.2. The van der Waals surface area contributed by atoms with Crippen LogP contribution in [0.1, 0.15) is 26.7 Å². The van der Waals surface area contributed by atoms with Gasteiger partial charge in [-0.3, -0.25) is 10.1 Å². The van der Waals surface area contributed by atoms with Gasteiger partial charge in [0.05, 0.1) is 4.92 Å². The summed E-state index contributed by atoms with van der Waals surface area (Å²) in [5.41, 5.74) is -0.214. The lowest BCUT2D eigenvalue weighted by molar-refractivity contribution is -0.386. The molecule has 112 valence electrons. The van der Waals surface area contributed by atoms with E-state index in [1.165, 1.54) is 18.2 Å². The van der Waals surface area contributed by atoms with Crippen molar-refractivity contribution in [3.8, 4) is 0 Å². The topological polar surface area (TPSA) is 101 Å². The first-order chi connectivity index (χ1) is 9.44. The Bertz CT molecular complexity index is 572. The number of anilines is 1. The molecule has 0 fully saturated rings. The maximum absolute atomic E-state index is 12.1. The first-order valence-corrected chi connectivity index (χ1v) is 7.93. The summed E-state index contributed by atoms with van der Waals surface area (Å²) in [7, 11) is -3.88. The highest BCUT2D eigenvalue weighted by Gasteiger charge is 2.28. The Hall–Kier alpha value is -1.67. The fourth-order valence-corrected chi connectivity index (χ4v) is 2.99. The molecule has 2 N–H and O–H groups in total. The predicted molar refractivity (Wildman–Crippen MR) is 77.4 cm³/mol. The van der Waals surface area contributed by atoms with E-state index < -0.39 is 20.6 Å². The number of benzene rings is 1. The third-order valence-electron chi connectivity index (χ3n) is 2.66. The van der Waals surface area contributed by atoms with Crippen molar-refractivity contribution in [2.45, 2.75) is 31.6 Å². The van der Waals surface area contributed by atoms with Crippen LogP contribution in [0.15, 0.2) is 23.1 Å². The normalized spacial score (nSPS) is 11.3. The maximum atomic E-state index is 12.1. The summed E-state index contributed by atoms with van der Waals surface area (Å²) in [5, 5.41) is 14.0. The Labute approximate surface area is 118 Å². The molecule has 1 aromatic carbocycles. The van der Waals surface area contributed by atoms with Crippen LogP contribution in [-0.2, 0) is 10.0 Å². The molecule has 1 rings (SSSR count). The minimum absolute atomic E-state index is 0.205. The Morgan fingerprint density at radius 2 is 2.00 bits per heavy atom. The summed E-state index contributed by atoms with van der Waals surface area (Å²) in [4.78, 5) is 10.2. The van der Waals surface area contributed by atoms with Gasteiger partial charge in [-0.1, -0.05) is 19.4 Å². The fourth-order valence-electron chi connectivity index (χ4n) is 1.72. The molecule has 0 radical (unpaired) electrons. The summed E-state index contributed by atoms with van der Waals surface area (Å²) in [6.07, 6.45) is 1.52. The summed E-state index contributed by atoms with van der Waals surface area (Å²) >= 11 is 0. The van der Waals surface area contributed by atoms with Crippen LogP contribution in [0, 0.1) is 10.1 Å². The molecule has 20 heavy (non-hydrogen) atoms. The number of hydrogen-bond acceptors (Lipinski definition) is 5. The molecule has 0 atom stereocenters. The quantitative estimate of drug-likeness (QED) is 0.435. The number of rotatable bonds is 8. The van der Waals surface area contributed by atoms with Crippen LogP contribution in [0.5, 0.6) is 0 Å². The smallest absolute Gasteiger partial charge is 0.312 e. The van der Waals surface area contributed by atoms with Crippen LogP contribution in [0.4, 0.5) is 11.4 Å². The largest absolute Gasteiger partial charge is 0.380 e. The second-order valence-electron chi connectivity index (χ2n) is 4.19. The van der Waals surface area contributed by atoms with Crippen LogP contribution < -0.4 is 10.0 Å². The molecule has 0 spiro atoms. The Morgan fingerprint density at radius 3 is 2.55 bits per heavy atom. The molecule has 0 aliphatic rings. The summed E-state index contributed by atoms with van der Waals surface area (Å²) in [6.45, 7) is 4.45. The van der Waals surface area contributed by atoms with E-state index in [1.807, 2.05) is 6.92 Å². The van der Waals surface area contributed by atoms with Gasteiger partial charge in [0, 0.05) is 13.1 Å². The van der Waals surface area contributed by atoms with Crippen LogP contribution in [0.2, 0.25) is 0 Å². The van der Waals surface area contributed by atoms with Gasteiger partial charge in [0.15, 0.2) is 4.90 Å². The lowest BCUT2D eigenvalue weighted by Crippen LogP contribution is -2.25. The third kappa shape index (κ3) is 3.91. The minimum Gasteiger partial charge on any atom is -0.380 e. The number of unbranched alkanes of at least 4 members (excludes halogenated alkanes) is 1. The van der Waals surface area contributed by atoms with Gasteiger partial charge < -0.3 is 5.32 Å². The highest BCUT2D eigenvalue weighted by Crippen LogP contribution is 2.31. The van der Waals surface area contributed by atoms with Crippen molar-refractivity contribution in [3.05, 3.63) is 28.3 Å². The van der Waals surface area contributed by atoms with E-state index in [2.05, 4.69) is 10.0 Å². The van der Waals surface area contributed by atoms with Crippen LogP contribution >= 0.6 is 0 Å². The van der Waals surface area contributed by atoms with Gasteiger partial charge >= 0.3 is 5.69 Å². The van der Waals surface area contributed by atoms with Gasteiger partial charge in [0.1, 0.15) is 5.69 Å². The van der Waals surface area contributed by atoms with E-state index in [0.717, 1.165) is 6.42 Å². The molecule has 0 aliphatic heterocycles. The highest BCUT2D eigenvalue weighted by molar-refractivity contribution is 7.89. The van der Waals surface area contributed by atoms with Crippen molar-refractivity contribution in [2.75, 3.05) is 18.4 Å². The summed E-state index contributed by atoms with van der Waals surface area (Å²) in [6, 6.07) is 4.22. The highest BCUT2D eigenvalue weighted by atomic mass is 32.2. The monoisotopic (exact) mass is 301 g/mol. The molecule has 0 bridgehead atoms. The predicted octanol–water partition coefficient (Wildman–Crippen LogP) is 2.10. The molecule has 0 heterocycles. The second-order valence-corrected chi connectivity index (χ2v) is 5.93. The first-order valence-electron chi connectivity index (χ1n) is 6.45. The van der Waals surface area contributed by atoms with Gasteiger partial charge in [-0.25, -0.2) is 13.1 Å². The molecule has 0 saturated carbocycles. The Kier molecular flexibility index (Phi) is 5.90. The Morgan fingerprint density at radius 1 is 1.30 bits per heavy atom. The number of nitro groups is 1. The van der Waals surface area contributed by atoms with Crippen molar-refractivity contribution in [2.24, 2.45) is 0 Å². The van der Waals surface area contributed by atoms with Gasteiger partial charge in [-0.05, 0) is 25.5 Å². The number of nitrogens with zero attached hydrogens (tertiary/aromatic N) is 1. The molecule has 7 nitrogen and oxygen atoms in total. The minimum atomic E-state index is -3.88.